The fourth-order valence-electron chi connectivity index (χ4n) is 2.82. The molecule has 0 fully saturated rings. The van der Waals surface area contributed by atoms with Gasteiger partial charge in [0.05, 0.1) is 10.9 Å². The Bertz CT molecular complexity index is 726. The number of hydrogen-bond acceptors (Lipinski definition) is 3. The molecule has 0 amide bonds. The van der Waals surface area contributed by atoms with Gasteiger partial charge in [-0.05, 0) is 36.8 Å². The van der Waals surface area contributed by atoms with Crippen LogP contribution in [-0.4, -0.2) is 21.3 Å². The van der Waals surface area contributed by atoms with E-state index >= 15 is 0 Å². The minimum atomic E-state index is -0.386. The van der Waals surface area contributed by atoms with Crippen molar-refractivity contribution < 1.29 is 5.11 Å². The lowest BCUT2D eigenvalue weighted by molar-refractivity contribution is 0.142. The van der Waals surface area contributed by atoms with Crippen molar-refractivity contribution in [3.8, 4) is 0 Å². The molecule has 0 aliphatic carbocycles. The molecule has 0 spiro atoms. The van der Waals surface area contributed by atoms with Crippen LogP contribution in [0.1, 0.15) is 33.1 Å². The highest BCUT2D eigenvalue weighted by molar-refractivity contribution is 5.76. The van der Waals surface area contributed by atoms with E-state index in [9.17, 15) is 14.7 Å². The number of rotatable bonds is 6. The summed E-state index contributed by atoms with van der Waals surface area (Å²) in [6.07, 6.45) is 2.20. The molecule has 0 radical (unpaired) electrons. The van der Waals surface area contributed by atoms with Gasteiger partial charge in [-0.25, -0.2) is 4.79 Å². The number of aliphatic hydroxyl groups excluding tert-OH is 1. The lowest BCUT2D eigenvalue weighted by atomic mass is 9.79. The Morgan fingerprint density at radius 2 is 1.86 bits per heavy atom. The van der Waals surface area contributed by atoms with E-state index in [1.807, 2.05) is 13.8 Å². The Hall–Kier alpha value is -1.88. The molecule has 5 heteroatoms. The molecular formula is C16H22N2O3. The fraction of sp³-hybridized carbons (Fsp3) is 0.500. The van der Waals surface area contributed by atoms with E-state index < -0.39 is 0 Å². The lowest BCUT2D eigenvalue weighted by Gasteiger charge is -2.31. The summed E-state index contributed by atoms with van der Waals surface area (Å²) in [6.45, 7) is 4.44. The molecule has 5 nitrogen and oxygen atoms in total. The van der Waals surface area contributed by atoms with E-state index in [-0.39, 0.29) is 23.3 Å². The molecule has 0 saturated carbocycles. The van der Waals surface area contributed by atoms with Gasteiger partial charge in [0.1, 0.15) is 0 Å². The molecule has 21 heavy (non-hydrogen) atoms. The zero-order chi connectivity index (χ0) is 15.5. The monoisotopic (exact) mass is 290 g/mol. The minimum Gasteiger partial charge on any atom is -0.396 e. The summed E-state index contributed by atoms with van der Waals surface area (Å²) < 4.78 is 1.27. The third kappa shape index (κ3) is 2.93. The third-order valence-electron chi connectivity index (χ3n) is 4.53. The molecule has 2 aromatic rings. The molecule has 0 atom stereocenters. The van der Waals surface area contributed by atoms with Crippen LogP contribution in [0.2, 0.25) is 0 Å². The summed E-state index contributed by atoms with van der Waals surface area (Å²) in [7, 11) is 0. The first-order valence-electron chi connectivity index (χ1n) is 7.39. The molecule has 1 aromatic carbocycles. The number of para-hydroxylation sites is 1. The van der Waals surface area contributed by atoms with Crippen molar-refractivity contribution in [1.29, 1.82) is 0 Å². The second-order valence-corrected chi connectivity index (χ2v) is 5.55. The second kappa shape index (κ2) is 6.26. The van der Waals surface area contributed by atoms with Crippen molar-refractivity contribution in [2.24, 2.45) is 5.41 Å². The predicted molar refractivity (Wildman–Crippen MR) is 83.5 cm³/mol. The van der Waals surface area contributed by atoms with E-state index in [0.717, 1.165) is 12.8 Å². The van der Waals surface area contributed by atoms with Crippen molar-refractivity contribution in [2.75, 3.05) is 6.61 Å². The maximum atomic E-state index is 12.5. The van der Waals surface area contributed by atoms with Gasteiger partial charge < -0.3 is 10.1 Å². The highest BCUT2D eigenvalue weighted by Crippen LogP contribution is 2.31. The van der Waals surface area contributed by atoms with Gasteiger partial charge in [-0.2, -0.15) is 0 Å². The number of aromatic amines is 1. The normalized spacial score (nSPS) is 12.0. The largest absolute Gasteiger partial charge is 0.396 e. The van der Waals surface area contributed by atoms with Crippen LogP contribution in [0.25, 0.3) is 10.9 Å². The molecule has 0 aliphatic heterocycles. The van der Waals surface area contributed by atoms with Gasteiger partial charge in [0.25, 0.3) is 5.56 Å². The van der Waals surface area contributed by atoms with Crippen LogP contribution in [0.4, 0.5) is 0 Å². The van der Waals surface area contributed by atoms with E-state index in [1.165, 1.54) is 4.57 Å². The van der Waals surface area contributed by atoms with Crippen LogP contribution < -0.4 is 11.2 Å². The Morgan fingerprint density at radius 1 is 1.19 bits per heavy atom. The highest BCUT2D eigenvalue weighted by Gasteiger charge is 2.27. The number of fused-ring (bicyclic) bond motifs is 1. The Morgan fingerprint density at radius 3 is 2.48 bits per heavy atom. The first-order chi connectivity index (χ1) is 10.1. The standard InChI is InChI=1S/C16H22N2O3/c1-3-16(4-2,9-10-19)11-18-14(20)12-7-5-6-8-13(12)17-15(18)21/h5-8,19H,3-4,9-11H2,1-2H3,(H,17,21). The summed E-state index contributed by atoms with van der Waals surface area (Å²) in [5.41, 5.74) is -0.320. The van der Waals surface area contributed by atoms with Crippen LogP contribution in [0, 0.1) is 5.41 Å². The number of aliphatic hydroxyl groups is 1. The van der Waals surface area contributed by atoms with Crippen LogP contribution in [0.3, 0.4) is 0 Å². The molecular weight excluding hydrogens is 268 g/mol. The number of nitrogens with one attached hydrogen (secondary N) is 1. The first kappa shape index (κ1) is 15.5. The topological polar surface area (TPSA) is 75.1 Å². The van der Waals surface area contributed by atoms with Crippen molar-refractivity contribution in [3.63, 3.8) is 0 Å². The molecule has 0 saturated heterocycles. The summed E-state index contributed by atoms with van der Waals surface area (Å²) in [4.78, 5) is 27.5. The van der Waals surface area contributed by atoms with Crippen LogP contribution in [0.5, 0.6) is 0 Å². The Balaban J connectivity index is 2.56. The van der Waals surface area contributed by atoms with E-state index in [4.69, 9.17) is 0 Å². The van der Waals surface area contributed by atoms with Gasteiger partial charge in [-0.15, -0.1) is 0 Å². The molecule has 0 unspecified atom stereocenters. The molecule has 2 rings (SSSR count). The maximum absolute atomic E-state index is 12.5. The quantitative estimate of drug-likeness (QED) is 0.853. The highest BCUT2D eigenvalue weighted by atomic mass is 16.3. The van der Waals surface area contributed by atoms with E-state index in [0.29, 0.717) is 23.9 Å². The number of benzene rings is 1. The van der Waals surface area contributed by atoms with Gasteiger partial charge in [-0.3, -0.25) is 9.36 Å². The smallest absolute Gasteiger partial charge is 0.328 e. The summed E-state index contributed by atoms with van der Waals surface area (Å²) in [5, 5.41) is 9.80. The van der Waals surface area contributed by atoms with Crippen molar-refractivity contribution in [1.82, 2.24) is 9.55 Å². The first-order valence-corrected chi connectivity index (χ1v) is 7.39. The minimum absolute atomic E-state index is 0.0575. The summed E-state index contributed by atoms with van der Waals surface area (Å²) in [6, 6.07) is 7.02. The van der Waals surface area contributed by atoms with Crippen molar-refractivity contribution in [3.05, 3.63) is 45.1 Å². The van der Waals surface area contributed by atoms with Gasteiger partial charge >= 0.3 is 5.69 Å². The van der Waals surface area contributed by atoms with Gasteiger partial charge in [0.15, 0.2) is 0 Å². The molecule has 0 bridgehead atoms. The number of hydrogen-bond donors (Lipinski definition) is 2. The van der Waals surface area contributed by atoms with Crippen LogP contribution in [-0.2, 0) is 6.54 Å². The van der Waals surface area contributed by atoms with Gasteiger partial charge in [0, 0.05) is 13.2 Å². The average Bonchev–Trinajstić information content (AvgIpc) is 2.50. The predicted octanol–water partition coefficient (Wildman–Crippen LogP) is 1.88. The molecule has 114 valence electrons. The zero-order valence-corrected chi connectivity index (χ0v) is 12.6. The average molecular weight is 290 g/mol. The molecule has 2 N–H and O–H groups in total. The second-order valence-electron chi connectivity index (χ2n) is 5.55. The summed E-state index contributed by atoms with van der Waals surface area (Å²) in [5.74, 6) is 0. The SMILES string of the molecule is CCC(CC)(CCO)Cn1c(=O)[nH]c2ccccc2c1=O. The van der Waals surface area contributed by atoms with Gasteiger partial charge in [-0.1, -0.05) is 26.0 Å². The number of aromatic nitrogens is 2. The molecule has 0 aliphatic rings. The van der Waals surface area contributed by atoms with E-state index in [1.54, 1.807) is 24.3 Å². The molecule has 1 heterocycles. The number of H-pyrrole nitrogens is 1. The zero-order valence-electron chi connectivity index (χ0n) is 12.6. The van der Waals surface area contributed by atoms with E-state index in [2.05, 4.69) is 4.98 Å². The fourth-order valence-corrected chi connectivity index (χ4v) is 2.82. The number of nitrogens with zero attached hydrogens (tertiary/aromatic N) is 1. The van der Waals surface area contributed by atoms with Crippen molar-refractivity contribution >= 4 is 10.9 Å². The third-order valence-corrected chi connectivity index (χ3v) is 4.53. The Kier molecular flexibility index (Phi) is 4.63. The van der Waals surface area contributed by atoms with Gasteiger partial charge in [0.2, 0.25) is 0 Å². The lowest BCUT2D eigenvalue weighted by Crippen LogP contribution is -2.41. The summed E-state index contributed by atoms with van der Waals surface area (Å²) >= 11 is 0. The van der Waals surface area contributed by atoms with Crippen LogP contribution >= 0.6 is 0 Å². The van der Waals surface area contributed by atoms with Crippen LogP contribution in [0.15, 0.2) is 33.9 Å². The van der Waals surface area contributed by atoms with Crippen molar-refractivity contribution in [2.45, 2.75) is 39.7 Å². The maximum Gasteiger partial charge on any atom is 0.328 e. The molecule has 1 aromatic heterocycles. The Labute approximate surface area is 123 Å².